The summed E-state index contributed by atoms with van der Waals surface area (Å²) < 4.78 is 5.59. The lowest BCUT2D eigenvalue weighted by Gasteiger charge is -2.32. The lowest BCUT2D eigenvalue weighted by molar-refractivity contribution is -0.0125. The molecule has 0 amide bonds. The summed E-state index contributed by atoms with van der Waals surface area (Å²) in [5.41, 5.74) is 0.183. The zero-order valence-corrected chi connectivity index (χ0v) is 6.96. The molecule has 0 N–H and O–H groups in total. The first-order valence-electron chi connectivity index (χ1n) is 3.48. The van der Waals surface area contributed by atoms with E-state index in [2.05, 4.69) is 13.8 Å². The van der Waals surface area contributed by atoms with E-state index in [9.17, 15) is 0 Å². The summed E-state index contributed by atoms with van der Waals surface area (Å²) in [6, 6.07) is 0. The second-order valence-corrected chi connectivity index (χ2v) is 3.81. The topological polar surface area (TPSA) is 9.23 Å². The van der Waals surface area contributed by atoms with Crippen LogP contribution in [-0.4, -0.2) is 23.7 Å². The third-order valence-corrected chi connectivity index (χ3v) is 3.10. The minimum Gasteiger partial charge on any atom is -0.374 e. The van der Waals surface area contributed by atoms with Gasteiger partial charge in [-0.15, -0.1) is 0 Å². The van der Waals surface area contributed by atoms with E-state index in [1.807, 2.05) is 11.8 Å². The predicted molar refractivity (Wildman–Crippen MR) is 42.0 cm³/mol. The molecule has 1 fully saturated rings. The smallest absolute Gasteiger partial charge is 0.0742 e. The van der Waals surface area contributed by atoms with Crippen LogP contribution in [0.3, 0.4) is 0 Å². The number of rotatable bonds is 1. The summed E-state index contributed by atoms with van der Waals surface area (Å²) in [6.07, 6.45) is 1.14. The lowest BCUT2D eigenvalue weighted by Crippen LogP contribution is -2.35. The summed E-state index contributed by atoms with van der Waals surface area (Å²) >= 11 is 2.00. The number of hydrogen-bond acceptors (Lipinski definition) is 2. The Hall–Kier alpha value is 0.310. The standard InChI is InChI=1S/C7H14OS/c1-3-7(2)6-9-5-4-8-7/h3-6H2,1-2H3. The van der Waals surface area contributed by atoms with E-state index in [1.54, 1.807) is 0 Å². The van der Waals surface area contributed by atoms with Crippen LogP contribution in [0.15, 0.2) is 0 Å². The highest BCUT2D eigenvalue weighted by atomic mass is 32.2. The molecular formula is C7H14OS. The molecule has 0 spiro atoms. The van der Waals surface area contributed by atoms with Gasteiger partial charge in [0, 0.05) is 11.5 Å². The van der Waals surface area contributed by atoms with Crippen molar-refractivity contribution in [1.82, 2.24) is 0 Å². The van der Waals surface area contributed by atoms with Gasteiger partial charge in [0.2, 0.25) is 0 Å². The fraction of sp³-hybridized carbons (Fsp3) is 1.00. The van der Waals surface area contributed by atoms with Crippen LogP contribution in [0.2, 0.25) is 0 Å². The van der Waals surface area contributed by atoms with Gasteiger partial charge in [0.1, 0.15) is 0 Å². The number of hydrogen-bond donors (Lipinski definition) is 0. The summed E-state index contributed by atoms with van der Waals surface area (Å²) in [5, 5.41) is 0. The van der Waals surface area contributed by atoms with Gasteiger partial charge in [-0.2, -0.15) is 11.8 Å². The zero-order valence-electron chi connectivity index (χ0n) is 6.14. The molecule has 1 atom stereocenters. The van der Waals surface area contributed by atoms with Crippen molar-refractivity contribution < 1.29 is 4.74 Å². The Morgan fingerprint density at radius 3 is 2.78 bits per heavy atom. The van der Waals surface area contributed by atoms with Crippen LogP contribution in [-0.2, 0) is 4.74 Å². The molecule has 1 rings (SSSR count). The molecule has 0 aromatic carbocycles. The maximum Gasteiger partial charge on any atom is 0.0742 e. The Morgan fingerprint density at radius 1 is 1.67 bits per heavy atom. The minimum atomic E-state index is 0.183. The third kappa shape index (κ3) is 1.87. The van der Waals surface area contributed by atoms with Crippen LogP contribution >= 0.6 is 11.8 Å². The van der Waals surface area contributed by atoms with Crippen molar-refractivity contribution in [3.8, 4) is 0 Å². The van der Waals surface area contributed by atoms with Gasteiger partial charge in [0.05, 0.1) is 12.2 Å². The summed E-state index contributed by atoms with van der Waals surface area (Å²) in [7, 11) is 0. The van der Waals surface area contributed by atoms with Crippen molar-refractivity contribution in [2.45, 2.75) is 25.9 Å². The van der Waals surface area contributed by atoms with E-state index in [0.29, 0.717) is 0 Å². The first kappa shape index (κ1) is 7.42. The quantitative estimate of drug-likeness (QED) is 0.559. The molecule has 2 heteroatoms. The molecule has 1 aliphatic rings. The lowest BCUT2D eigenvalue weighted by atomic mass is 10.1. The van der Waals surface area contributed by atoms with Crippen molar-refractivity contribution in [2.24, 2.45) is 0 Å². The molecule has 9 heavy (non-hydrogen) atoms. The number of ether oxygens (including phenoxy) is 1. The summed E-state index contributed by atoms with van der Waals surface area (Å²) in [5.74, 6) is 2.35. The van der Waals surface area contributed by atoms with Gasteiger partial charge in [-0.1, -0.05) is 6.92 Å². The number of thioether (sulfide) groups is 1. The van der Waals surface area contributed by atoms with Crippen molar-refractivity contribution in [2.75, 3.05) is 18.1 Å². The van der Waals surface area contributed by atoms with Gasteiger partial charge in [0.15, 0.2) is 0 Å². The molecular weight excluding hydrogens is 132 g/mol. The van der Waals surface area contributed by atoms with E-state index < -0.39 is 0 Å². The SMILES string of the molecule is CCC1(C)CSCCO1. The molecule has 1 unspecified atom stereocenters. The molecule has 0 bridgehead atoms. The highest BCUT2D eigenvalue weighted by molar-refractivity contribution is 7.99. The Labute approximate surface area is 61.2 Å². The van der Waals surface area contributed by atoms with Crippen molar-refractivity contribution in [3.63, 3.8) is 0 Å². The highest BCUT2D eigenvalue weighted by Gasteiger charge is 2.25. The van der Waals surface area contributed by atoms with Crippen LogP contribution in [0.1, 0.15) is 20.3 Å². The van der Waals surface area contributed by atoms with Crippen molar-refractivity contribution in [3.05, 3.63) is 0 Å². The fourth-order valence-electron chi connectivity index (χ4n) is 0.881. The monoisotopic (exact) mass is 146 g/mol. The maximum atomic E-state index is 5.59. The Balaban J connectivity index is 2.37. The molecule has 1 saturated heterocycles. The van der Waals surface area contributed by atoms with Crippen molar-refractivity contribution >= 4 is 11.8 Å². The van der Waals surface area contributed by atoms with Gasteiger partial charge in [-0.25, -0.2) is 0 Å². The van der Waals surface area contributed by atoms with E-state index in [-0.39, 0.29) is 5.60 Å². The van der Waals surface area contributed by atoms with E-state index in [4.69, 9.17) is 4.74 Å². The zero-order chi connectivity index (χ0) is 6.74. The molecule has 0 aliphatic carbocycles. The molecule has 0 aromatic rings. The molecule has 0 aromatic heterocycles. The van der Waals surface area contributed by atoms with Gasteiger partial charge >= 0.3 is 0 Å². The molecule has 1 nitrogen and oxygen atoms in total. The van der Waals surface area contributed by atoms with Crippen LogP contribution in [0.25, 0.3) is 0 Å². The first-order chi connectivity index (χ1) is 4.27. The van der Waals surface area contributed by atoms with Gasteiger partial charge in [-0.05, 0) is 13.3 Å². The molecule has 0 saturated carbocycles. The average Bonchev–Trinajstić information content (AvgIpc) is 1.90. The Morgan fingerprint density at radius 2 is 2.44 bits per heavy atom. The van der Waals surface area contributed by atoms with E-state index in [1.165, 1.54) is 11.5 Å². The summed E-state index contributed by atoms with van der Waals surface area (Å²) in [6.45, 7) is 5.32. The Bertz CT molecular complexity index is 86.9. The van der Waals surface area contributed by atoms with E-state index in [0.717, 1.165) is 13.0 Å². The summed E-state index contributed by atoms with van der Waals surface area (Å²) in [4.78, 5) is 0. The first-order valence-corrected chi connectivity index (χ1v) is 4.64. The van der Waals surface area contributed by atoms with Crippen molar-refractivity contribution in [1.29, 1.82) is 0 Å². The Kier molecular flexibility index (Phi) is 2.42. The van der Waals surface area contributed by atoms with Gasteiger partial charge < -0.3 is 4.74 Å². The minimum absolute atomic E-state index is 0.183. The molecule has 1 heterocycles. The molecule has 54 valence electrons. The van der Waals surface area contributed by atoms with Crippen LogP contribution in [0, 0.1) is 0 Å². The van der Waals surface area contributed by atoms with Gasteiger partial charge in [0.25, 0.3) is 0 Å². The second-order valence-electron chi connectivity index (χ2n) is 2.70. The predicted octanol–water partition coefficient (Wildman–Crippen LogP) is 1.92. The normalized spacial score (nSPS) is 36.7. The van der Waals surface area contributed by atoms with E-state index >= 15 is 0 Å². The van der Waals surface area contributed by atoms with Crippen LogP contribution in [0.5, 0.6) is 0 Å². The maximum absolute atomic E-state index is 5.59. The fourth-order valence-corrected chi connectivity index (χ4v) is 1.95. The van der Waals surface area contributed by atoms with Crippen LogP contribution in [0.4, 0.5) is 0 Å². The average molecular weight is 146 g/mol. The van der Waals surface area contributed by atoms with Gasteiger partial charge in [-0.3, -0.25) is 0 Å². The molecule has 0 radical (unpaired) electrons. The third-order valence-electron chi connectivity index (χ3n) is 1.83. The highest BCUT2D eigenvalue weighted by Crippen LogP contribution is 2.25. The van der Waals surface area contributed by atoms with Crippen LogP contribution < -0.4 is 0 Å². The largest absolute Gasteiger partial charge is 0.374 e. The molecule has 1 aliphatic heterocycles. The second kappa shape index (κ2) is 2.93.